The molecule has 0 bridgehead atoms. The second-order valence-corrected chi connectivity index (χ2v) is 6.96. The van der Waals surface area contributed by atoms with Gasteiger partial charge in [0, 0.05) is 29.4 Å². The number of pyridine rings is 1. The van der Waals surface area contributed by atoms with Crippen molar-refractivity contribution >= 4 is 28.3 Å². The van der Waals surface area contributed by atoms with E-state index in [0.717, 1.165) is 16.5 Å². The molecular formula is C20H16ClN3O2. The van der Waals surface area contributed by atoms with Crippen molar-refractivity contribution in [3.05, 3.63) is 63.3 Å². The molecule has 0 spiro atoms. The number of nitriles is 1. The summed E-state index contributed by atoms with van der Waals surface area (Å²) in [6.45, 7) is 1.98. The van der Waals surface area contributed by atoms with E-state index in [-0.39, 0.29) is 22.4 Å². The van der Waals surface area contributed by atoms with Gasteiger partial charge >= 0.3 is 0 Å². The number of benzene rings is 1. The van der Waals surface area contributed by atoms with E-state index in [1.807, 2.05) is 31.2 Å². The summed E-state index contributed by atoms with van der Waals surface area (Å²) in [7, 11) is 0. The van der Waals surface area contributed by atoms with Crippen LogP contribution in [0, 0.1) is 18.3 Å². The Bertz CT molecular complexity index is 1060. The highest BCUT2D eigenvalue weighted by atomic mass is 35.5. The van der Waals surface area contributed by atoms with Crippen LogP contribution in [-0.2, 0) is 9.53 Å². The van der Waals surface area contributed by atoms with Crippen LogP contribution < -0.4 is 5.73 Å². The molecule has 2 heterocycles. The van der Waals surface area contributed by atoms with Crippen LogP contribution in [0.2, 0.25) is 5.15 Å². The quantitative estimate of drug-likeness (QED) is 0.771. The molecule has 0 fully saturated rings. The van der Waals surface area contributed by atoms with Gasteiger partial charge in [0.2, 0.25) is 5.88 Å². The van der Waals surface area contributed by atoms with E-state index in [4.69, 9.17) is 22.1 Å². The molecule has 1 atom stereocenters. The molecule has 2 aliphatic rings. The van der Waals surface area contributed by atoms with Gasteiger partial charge in [-0.15, -0.1) is 0 Å². The summed E-state index contributed by atoms with van der Waals surface area (Å²) in [5.74, 6) is -0.0901. The summed E-state index contributed by atoms with van der Waals surface area (Å²) < 4.78 is 5.59. The molecule has 2 aromatic rings. The normalized spacial score (nSPS) is 20.0. The number of nitrogens with two attached hydrogens (primary N) is 1. The second-order valence-electron chi connectivity index (χ2n) is 6.60. The van der Waals surface area contributed by atoms with Gasteiger partial charge in [-0.05, 0) is 31.0 Å². The molecule has 2 N–H and O–H groups in total. The zero-order valence-electron chi connectivity index (χ0n) is 14.2. The van der Waals surface area contributed by atoms with E-state index in [2.05, 4.69) is 11.1 Å². The molecule has 4 rings (SSSR count). The van der Waals surface area contributed by atoms with Gasteiger partial charge in [0.1, 0.15) is 22.6 Å². The van der Waals surface area contributed by atoms with Crippen LogP contribution in [0.1, 0.15) is 36.3 Å². The van der Waals surface area contributed by atoms with Gasteiger partial charge in [0.05, 0.1) is 11.4 Å². The number of Topliss-reactive ketones (excluding diaryl/α,β-unsaturated/α-hetero) is 1. The van der Waals surface area contributed by atoms with Crippen LogP contribution >= 0.6 is 11.6 Å². The second kappa shape index (κ2) is 6.15. The molecule has 0 radical (unpaired) electrons. The molecule has 1 aromatic heterocycles. The number of fused-ring (bicyclic) bond motifs is 1. The lowest BCUT2D eigenvalue weighted by Gasteiger charge is -2.31. The number of allylic oxidation sites excluding steroid dienone is 3. The van der Waals surface area contributed by atoms with Crippen molar-refractivity contribution in [3.8, 4) is 6.07 Å². The molecule has 0 saturated carbocycles. The lowest BCUT2D eigenvalue weighted by molar-refractivity contribution is -0.116. The Kier molecular flexibility index (Phi) is 3.93. The van der Waals surface area contributed by atoms with Gasteiger partial charge in [0.25, 0.3) is 0 Å². The van der Waals surface area contributed by atoms with Gasteiger partial charge in [-0.25, -0.2) is 4.98 Å². The molecule has 26 heavy (non-hydrogen) atoms. The highest BCUT2D eigenvalue weighted by Gasteiger charge is 2.39. The first-order valence-corrected chi connectivity index (χ1v) is 8.78. The molecule has 1 aliphatic heterocycles. The summed E-state index contributed by atoms with van der Waals surface area (Å²) in [5, 5.41) is 10.8. The van der Waals surface area contributed by atoms with Gasteiger partial charge in [-0.3, -0.25) is 4.79 Å². The number of nitrogens with zero attached hydrogens (tertiary/aromatic N) is 2. The lowest BCUT2D eigenvalue weighted by Crippen LogP contribution is -2.27. The van der Waals surface area contributed by atoms with Gasteiger partial charge < -0.3 is 10.5 Å². The summed E-state index contributed by atoms with van der Waals surface area (Å²) >= 11 is 6.48. The summed E-state index contributed by atoms with van der Waals surface area (Å²) in [6, 6.07) is 9.86. The van der Waals surface area contributed by atoms with Crippen LogP contribution in [0.25, 0.3) is 10.9 Å². The number of hydrogen-bond acceptors (Lipinski definition) is 5. The molecule has 0 unspecified atom stereocenters. The number of ketones is 1. The molecule has 0 saturated heterocycles. The zero-order valence-corrected chi connectivity index (χ0v) is 14.9. The molecular weight excluding hydrogens is 350 g/mol. The van der Waals surface area contributed by atoms with E-state index in [1.165, 1.54) is 0 Å². The van der Waals surface area contributed by atoms with Crippen molar-refractivity contribution in [2.24, 2.45) is 5.73 Å². The average Bonchev–Trinajstić information content (AvgIpc) is 2.60. The Morgan fingerprint density at radius 3 is 2.92 bits per heavy atom. The highest BCUT2D eigenvalue weighted by Crippen LogP contribution is 2.45. The van der Waals surface area contributed by atoms with E-state index < -0.39 is 5.92 Å². The van der Waals surface area contributed by atoms with E-state index in [0.29, 0.717) is 36.2 Å². The Labute approximate surface area is 155 Å². The molecule has 1 aromatic carbocycles. The van der Waals surface area contributed by atoms with E-state index >= 15 is 0 Å². The Morgan fingerprint density at radius 2 is 2.15 bits per heavy atom. The SMILES string of the molecule is Cc1ccc2cc([C@@H]3C(C#N)=C(N)OC4=C3C(=O)CCC4)c(Cl)nc2c1. The third-order valence-corrected chi connectivity index (χ3v) is 5.17. The number of aryl methyl sites for hydroxylation is 1. The van der Waals surface area contributed by atoms with Crippen LogP contribution in [0.3, 0.4) is 0 Å². The number of rotatable bonds is 1. The first-order valence-electron chi connectivity index (χ1n) is 8.40. The minimum atomic E-state index is -0.637. The molecule has 1 aliphatic carbocycles. The van der Waals surface area contributed by atoms with Crippen molar-refractivity contribution in [3.63, 3.8) is 0 Å². The fourth-order valence-electron chi connectivity index (χ4n) is 3.64. The van der Waals surface area contributed by atoms with Crippen LogP contribution in [0.5, 0.6) is 0 Å². The van der Waals surface area contributed by atoms with Gasteiger partial charge in [-0.1, -0.05) is 23.7 Å². The fourth-order valence-corrected chi connectivity index (χ4v) is 3.89. The first kappa shape index (κ1) is 16.6. The summed E-state index contributed by atoms with van der Waals surface area (Å²) in [4.78, 5) is 17.1. The largest absolute Gasteiger partial charge is 0.444 e. The predicted octanol–water partition coefficient (Wildman–Crippen LogP) is 4.01. The Morgan fingerprint density at radius 1 is 1.35 bits per heavy atom. The fraction of sp³-hybridized carbons (Fsp3) is 0.250. The number of aromatic nitrogens is 1. The monoisotopic (exact) mass is 365 g/mol. The zero-order chi connectivity index (χ0) is 18.4. The topological polar surface area (TPSA) is 89.0 Å². The number of carbonyl (C=O) groups excluding carboxylic acids is 1. The van der Waals surface area contributed by atoms with Crippen molar-refractivity contribution in [1.29, 1.82) is 5.26 Å². The maximum atomic E-state index is 12.6. The lowest BCUT2D eigenvalue weighted by atomic mass is 9.78. The number of ether oxygens (including phenoxy) is 1. The van der Waals surface area contributed by atoms with Gasteiger partial charge in [-0.2, -0.15) is 5.26 Å². The maximum Gasteiger partial charge on any atom is 0.205 e. The smallest absolute Gasteiger partial charge is 0.205 e. The molecule has 6 heteroatoms. The van der Waals surface area contributed by atoms with E-state index in [9.17, 15) is 10.1 Å². The van der Waals surface area contributed by atoms with Crippen molar-refractivity contribution in [2.75, 3.05) is 0 Å². The maximum absolute atomic E-state index is 12.6. The number of halogens is 1. The highest BCUT2D eigenvalue weighted by molar-refractivity contribution is 6.30. The Balaban J connectivity index is 1.97. The van der Waals surface area contributed by atoms with Crippen molar-refractivity contribution < 1.29 is 9.53 Å². The summed E-state index contributed by atoms with van der Waals surface area (Å²) in [5.41, 5.74) is 9.12. The Hall–Kier alpha value is -2.84. The van der Waals surface area contributed by atoms with Gasteiger partial charge in [0.15, 0.2) is 5.78 Å². The molecule has 5 nitrogen and oxygen atoms in total. The third kappa shape index (κ3) is 2.54. The minimum Gasteiger partial charge on any atom is -0.444 e. The minimum absolute atomic E-state index is 0.0310. The van der Waals surface area contributed by atoms with Crippen LogP contribution in [0.15, 0.2) is 47.1 Å². The van der Waals surface area contributed by atoms with Crippen molar-refractivity contribution in [2.45, 2.75) is 32.1 Å². The molecule has 130 valence electrons. The van der Waals surface area contributed by atoms with Crippen LogP contribution in [-0.4, -0.2) is 10.8 Å². The summed E-state index contributed by atoms with van der Waals surface area (Å²) in [6.07, 6.45) is 1.76. The van der Waals surface area contributed by atoms with Crippen molar-refractivity contribution in [1.82, 2.24) is 4.98 Å². The molecule has 0 amide bonds. The average molecular weight is 366 g/mol. The number of hydrogen-bond donors (Lipinski definition) is 1. The van der Waals surface area contributed by atoms with Crippen LogP contribution in [0.4, 0.5) is 0 Å². The van der Waals surface area contributed by atoms with E-state index in [1.54, 1.807) is 0 Å². The standard InChI is InChI=1S/C20H16ClN3O2/c1-10-5-6-11-8-12(19(21)24-14(11)7-10)17-13(9-22)20(23)26-16-4-2-3-15(25)18(16)17/h5-8,17H,2-4,23H2,1H3/t17-/m1/s1. The number of carbonyl (C=O) groups is 1. The third-order valence-electron chi connectivity index (χ3n) is 4.87. The first-order chi connectivity index (χ1) is 12.5. The predicted molar refractivity (Wildman–Crippen MR) is 98.0 cm³/mol.